The molecule has 0 fully saturated rings. The van der Waals surface area contributed by atoms with Crippen LogP contribution in [0.4, 0.5) is 17.1 Å². The molecule has 0 aliphatic carbocycles. The number of sulfonamides is 1. The maximum Gasteiger partial charge on any atom is 0.280 e. The Kier molecular flexibility index (Phi) is 9.10. The lowest BCUT2D eigenvalue weighted by atomic mass is 10.1. The zero-order valence-electron chi connectivity index (χ0n) is 23.9. The average molecular weight is 689 g/mol. The van der Waals surface area contributed by atoms with Gasteiger partial charge in [-0.25, -0.2) is 9.82 Å². The first-order valence-corrected chi connectivity index (χ1v) is 16.5. The molecular weight excluding hydrogens is 665 g/mol. The monoisotopic (exact) mass is 687 g/mol. The van der Waals surface area contributed by atoms with E-state index in [1.807, 2.05) is 36.4 Å². The van der Waals surface area contributed by atoms with Gasteiger partial charge in [-0.15, -0.1) is 0 Å². The van der Waals surface area contributed by atoms with Crippen LogP contribution >= 0.6 is 34.8 Å². The molecule has 0 atom stereocenters. The Morgan fingerprint density at radius 1 is 0.783 bits per heavy atom. The van der Waals surface area contributed by atoms with Crippen LogP contribution in [0.15, 0.2) is 130 Å². The number of hydrogen-bond acceptors (Lipinski definition) is 6. The third-order valence-electron chi connectivity index (χ3n) is 7.02. The van der Waals surface area contributed by atoms with Crippen molar-refractivity contribution in [3.63, 3.8) is 0 Å². The summed E-state index contributed by atoms with van der Waals surface area (Å²) >= 11 is 18.7. The van der Waals surface area contributed by atoms with Crippen molar-refractivity contribution in [3.05, 3.63) is 158 Å². The van der Waals surface area contributed by atoms with E-state index in [1.165, 1.54) is 12.1 Å². The second kappa shape index (κ2) is 13.4. The van der Waals surface area contributed by atoms with Gasteiger partial charge in [0.2, 0.25) is 0 Å². The Morgan fingerprint density at radius 2 is 1.46 bits per heavy atom. The van der Waals surface area contributed by atoms with Crippen LogP contribution in [0.1, 0.15) is 17.0 Å². The number of benzene rings is 5. The van der Waals surface area contributed by atoms with Gasteiger partial charge in [0.05, 0.1) is 37.2 Å². The molecule has 1 aromatic heterocycles. The summed E-state index contributed by atoms with van der Waals surface area (Å²) in [5.41, 5.74) is 3.14. The van der Waals surface area contributed by atoms with Gasteiger partial charge in [0.1, 0.15) is 5.82 Å². The summed E-state index contributed by atoms with van der Waals surface area (Å²) in [6.07, 6.45) is 1.74. The second-order valence-electron chi connectivity index (χ2n) is 10.1. The first-order chi connectivity index (χ1) is 22.2. The van der Waals surface area contributed by atoms with E-state index in [9.17, 15) is 13.2 Å². The quantitative estimate of drug-likeness (QED) is 0.149. The molecule has 2 N–H and O–H groups in total. The number of nitrogens with zero attached hydrogens (tertiary/aromatic N) is 3. The molecule has 12 heteroatoms. The highest BCUT2D eigenvalue weighted by molar-refractivity contribution is 7.92. The van der Waals surface area contributed by atoms with Gasteiger partial charge in [0.25, 0.3) is 15.6 Å². The smallest absolute Gasteiger partial charge is 0.280 e. The summed E-state index contributed by atoms with van der Waals surface area (Å²) in [7, 11) is -4.22. The molecule has 0 saturated heterocycles. The maximum atomic E-state index is 13.7. The Labute approximate surface area is 280 Å². The molecule has 6 rings (SSSR count). The molecule has 230 valence electrons. The number of aromatic nitrogens is 2. The molecule has 0 aliphatic heterocycles. The SMILES string of the molecule is O=c1c2ccccc2nc(Cc2ccccc2Nc2c(Cl)cccc2Cl)n1NS(=O)(=O)c1ccc(N=Cc2ccc(Cl)cc2)cc1. The molecule has 1 heterocycles. The van der Waals surface area contributed by atoms with Gasteiger partial charge in [-0.1, -0.05) is 83.3 Å². The van der Waals surface area contributed by atoms with Crippen molar-refractivity contribution in [2.24, 2.45) is 4.99 Å². The topological polar surface area (TPSA) is 105 Å². The summed E-state index contributed by atoms with van der Waals surface area (Å²) in [5, 5.41) is 5.00. The number of para-hydroxylation sites is 3. The summed E-state index contributed by atoms with van der Waals surface area (Å²) in [6, 6.07) is 32.4. The van der Waals surface area contributed by atoms with Gasteiger partial charge in [-0.2, -0.15) is 13.1 Å². The lowest BCUT2D eigenvalue weighted by Gasteiger charge is -2.18. The van der Waals surface area contributed by atoms with Crippen molar-refractivity contribution in [1.29, 1.82) is 0 Å². The van der Waals surface area contributed by atoms with E-state index in [4.69, 9.17) is 39.8 Å². The molecule has 5 aromatic carbocycles. The normalized spacial score (nSPS) is 11.6. The van der Waals surface area contributed by atoms with Crippen molar-refractivity contribution in [2.45, 2.75) is 11.3 Å². The second-order valence-corrected chi connectivity index (χ2v) is 13.1. The number of rotatable bonds is 9. The molecule has 0 unspecified atom stereocenters. The lowest BCUT2D eigenvalue weighted by Crippen LogP contribution is -2.36. The van der Waals surface area contributed by atoms with E-state index in [1.54, 1.807) is 72.9 Å². The average Bonchev–Trinajstić information content (AvgIpc) is 3.05. The van der Waals surface area contributed by atoms with Crippen LogP contribution in [0, 0.1) is 0 Å². The minimum absolute atomic E-state index is 0.0561. The van der Waals surface area contributed by atoms with Gasteiger partial charge >= 0.3 is 0 Å². The Balaban J connectivity index is 1.33. The molecular formula is C34H24Cl3N5O3S. The van der Waals surface area contributed by atoms with Gasteiger partial charge in [-0.05, 0) is 77.9 Å². The molecule has 8 nitrogen and oxygen atoms in total. The fourth-order valence-corrected chi connectivity index (χ4v) is 6.34. The minimum atomic E-state index is -4.22. The van der Waals surface area contributed by atoms with E-state index in [2.05, 4.69) is 15.1 Å². The van der Waals surface area contributed by atoms with Gasteiger partial charge in [-0.3, -0.25) is 9.79 Å². The fraction of sp³-hybridized carbons (Fsp3) is 0.0294. The highest BCUT2D eigenvalue weighted by Crippen LogP contribution is 2.34. The van der Waals surface area contributed by atoms with E-state index < -0.39 is 15.6 Å². The summed E-state index contributed by atoms with van der Waals surface area (Å²) < 4.78 is 28.2. The minimum Gasteiger partial charge on any atom is -0.353 e. The number of halogens is 3. The lowest BCUT2D eigenvalue weighted by molar-refractivity contribution is 0.592. The van der Waals surface area contributed by atoms with Gasteiger partial charge in [0.15, 0.2) is 0 Å². The van der Waals surface area contributed by atoms with Crippen LogP contribution in [0.2, 0.25) is 15.1 Å². The fourth-order valence-electron chi connectivity index (χ4n) is 4.69. The van der Waals surface area contributed by atoms with Crippen molar-refractivity contribution in [3.8, 4) is 0 Å². The molecule has 0 saturated carbocycles. The Bertz CT molecular complexity index is 2240. The first-order valence-electron chi connectivity index (χ1n) is 13.9. The van der Waals surface area contributed by atoms with E-state index in [-0.39, 0.29) is 22.5 Å². The Hall–Kier alpha value is -4.67. The molecule has 0 aliphatic rings. The number of hydrogen-bond donors (Lipinski definition) is 2. The van der Waals surface area contributed by atoms with Crippen molar-refractivity contribution in [2.75, 3.05) is 10.1 Å². The van der Waals surface area contributed by atoms with Crippen molar-refractivity contribution >= 4 is 79.0 Å². The van der Waals surface area contributed by atoms with Crippen molar-refractivity contribution in [1.82, 2.24) is 9.66 Å². The predicted octanol–water partition coefficient (Wildman–Crippen LogP) is 8.37. The standard InChI is InChI=1S/C34H24Cl3N5O3S/c35-24-14-12-22(13-15-24)21-38-25-16-18-26(19-17-25)46(44,45)41-42-32(39-31-11-4-2-7-27(31)34(42)43)20-23-6-1-3-10-30(23)40-33-28(36)8-5-9-29(33)37/h1-19,21,40-41H,20H2. The summed E-state index contributed by atoms with van der Waals surface area (Å²) in [4.78, 5) is 25.2. The molecule has 46 heavy (non-hydrogen) atoms. The number of nitrogens with one attached hydrogen (secondary N) is 2. The molecule has 6 aromatic rings. The zero-order valence-corrected chi connectivity index (χ0v) is 26.9. The van der Waals surface area contributed by atoms with Crippen LogP contribution in [-0.2, 0) is 16.4 Å². The Morgan fingerprint density at radius 3 is 2.20 bits per heavy atom. The highest BCUT2D eigenvalue weighted by atomic mass is 35.5. The van der Waals surface area contributed by atoms with E-state index in [0.717, 1.165) is 15.8 Å². The largest absolute Gasteiger partial charge is 0.353 e. The third kappa shape index (κ3) is 6.93. The van der Waals surface area contributed by atoms with E-state index >= 15 is 0 Å². The van der Waals surface area contributed by atoms with Crippen LogP contribution in [-0.4, -0.2) is 24.3 Å². The molecule has 0 amide bonds. The van der Waals surface area contributed by atoms with Crippen molar-refractivity contribution < 1.29 is 8.42 Å². The van der Waals surface area contributed by atoms with Crippen LogP contribution in [0.25, 0.3) is 10.9 Å². The van der Waals surface area contributed by atoms with Gasteiger partial charge in [0, 0.05) is 23.3 Å². The van der Waals surface area contributed by atoms with Gasteiger partial charge < -0.3 is 5.32 Å². The highest BCUT2D eigenvalue weighted by Gasteiger charge is 2.20. The predicted molar refractivity (Wildman–Crippen MR) is 187 cm³/mol. The molecule has 0 bridgehead atoms. The number of anilines is 2. The maximum absolute atomic E-state index is 13.7. The first kappa shape index (κ1) is 31.3. The summed E-state index contributed by atoms with van der Waals surface area (Å²) in [6.45, 7) is 0. The third-order valence-corrected chi connectivity index (χ3v) is 9.22. The van der Waals surface area contributed by atoms with Crippen LogP contribution in [0.5, 0.6) is 0 Å². The van der Waals surface area contributed by atoms with Crippen LogP contribution in [0.3, 0.4) is 0 Å². The number of fused-ring (bicyclic) bond motifs is 1. The molecule has 0 spiro atoms. The van der Waals surface area contributed by atoms with E-state index in [0.29, 0.717) is 37.6 Å². The van der Waals surface area contributed by atoms with Crippen LogP contribution < -0.4 is 15.7 Å². The number of aliphatic imine (C=N–C) groups is 1. The zero-order chi connectivity index (χ0) is 32.3. The molecule has 0 radical (unpaired) electrons. The summed E-state index contributed by atoms with van der Waals surface area (Å²) in [5.74, 6) is 0.177.